The number of aromatic nitrogens is 2. The molecule has 0 bridgehead atoms. The molecule has 1 aliphatic carbocycles. The molecule has 0 amide bonds. The van der Waals surface area contributed by atoms with Gasteiger partial charge >= 0.3 is 5.97 Å². The summed E-state index contributed by atoms with van der Waals surface area (Å²) in [6.45, 7) is 4.10. The lowest BCUT2D eigenvalue weighted by atomic mass is 9.97. The number of nitrogens with zero attached hydrogens (tertiary/aromatic N) is 2. The molecule has 2 unspecified atom stereocenters. The van der Waals surface area contributed by atoms with Gasteiger partial charge in [0.2, 0.25) is 0 Å². The molecule has 1 N–H and O–H groups in total. The monoisotopic (exact) mass is 295 g/mol. The smallest absolute Gasteiger partial charge is 0.326 e. The highest BCUT2D eigenvalue weighted by Gasteiger charge is 2.46. The van der Waals surface area contributed by atoms with Gasteiger partial charge < -0.3 is 4.74 Å². The molecule has 1 fully saturated rings. The summed E-state index contributed by atoms with van der Waals surface area (Å²) < 4.78 is 5.00. The fourth-order valence-electron chi connectivity index (χ4n) is 2.74. The number of ether oxygens (including phenoxy) is 1. The molecule has 0 aliphatic heterocycles. The molecule has 6 heteroatoms. The first kappa shape index (κ1) is 15.3. The number of carbonyl (C=O) groups excluding carboxylic acids is 1. The van der Waals surface area contributed by atoms with Crippen molar-refractivity contribution in [2.75, 3.05) is 7.11 Å². The molecular weight excluding hydrogens is 274 g/mol. The molecule has 0 aromatic carbocycles. The Morgan fingerprint density at radius 2 is 2.40 bits per heavy atom. The third-order valence-corrected chi connectivity index (χ3v) is 4.67. The van der Waals surface area contributed by atoms with Crippen molar-refractivity contribution in [1.29, 1.82) is 0 Å². The van der Waals surface area contributed by atoms with Gasteiger partial charge in [0.15, 0.2) is 0 Å². The fourth-order valence-corrected chi connectivity index (χ4v) is 3.94. The van der Waals surface area contributed by atoms with Crippen LogP contribution in [-0.2, 0) is 9.53 Å². The van der Waals surface area contributed by atoms with Gasteiger partial charge in [-0.15, -0.1) is 11.8 Å². The standard InChI is InChI=1S/C14H21N3O2S/c1-10(2)17-14(13(18)19-3)6-4-11(8-14)20-12-5-7-15-9-16-12/h5,7,9-11,17H,4,6,8H2,1-3H3. The van der Waals surface area contributed by atoms with Gasteiger partial charge in [-0.1, -0.05) is 0 Å². The summed E-state index contributed by atoms with van der Waals surface area (Å²) in [4.78, 5) is 20.3. The van der Waals surface area contributed by atoms with Crippen LogP contribution in [-0.4, -0.2) is 39.9 Å². The number of thioether (sulfide) groups is 1. The van der Waals surface area contributed by atoms with Crippen LogP contribution in [0.3, 0.4) is 0 Å². The average molecular weight is 295 g/mol. The molecule has 1 aliphatic rings. The van der Waals surface area contributed by atoms with Gasteiger partial charge in [-0.25, -0.2) is 9.97 Å². The van der Waals surface area contributed by atoms with Gasteiger partial charge in [-0.3, -0.25) is 10.1 Å². The predicted octanol–water partition coefficient (Wildman–Crippen LogP) is 2.03. The number of methoxy groups -OCH3 is 1. The van der Waals surface area contributed by atoms with Crippen molar-refractivity contribution in [2.24, 2.45) is 0 Å². The van der Waals surface area contributed by atoms with Crippen LogP contribution in [0.2, 0.25) is 0 Å². The van der Waals surface area contributed by atoms with Crippen LogP contribution in [0, 0.1) is 0 Å². The average Bonchev–Trinajstić information content (AvgIpc) is 2.82. The SMILES string of the molecule is COC(=O)C1(NC(C)C)CCC(Sc2ccncn2)C1. The second-order valence-corrected chi connectivity index (χ2v) is 6.72. The Morgan fingerprint density at radius 3 is 3.00 bits per heavy atom. The molecule has 110 valence electrons. The van der Waals surface area contributed by atoms with Gasteiger partial charge in [0.05, 0.1) is 12.1 Å². The molecule has 0 radical (unpaired) electrons. The molecule has 1 heterocycles. The van der Waals surface area contributed by atoms with Crippen molar-refractivity contribution in [3.8, 4) is 0 Å². The van der Waals surface area contributed by atoms with E-state index in [0.29, 0.717) is 5.25 Å². The van der Waals surface area contributed by atoms with Gasteiger partial charge in [0, 0.05) is 17.5 Å². The minimum atomic E-state index is -0.548. The van der Waals surface area contributed by atoms with Gasteiger partial charge in [0.25, 0.3) is 0 Å². The Bertz CT molecular complexity index is 455. The van der Waals surface area contributed by atoms with Crippen LogP contribution in [0.4, 0.5) is 0 Å². The zero-order valence-electron chi connectivity index (χ0n) is 12.1. The molecule has 20 heavy (non-hydrogen) atoms. The predicted molar refractivity (Wildman–Crippen MR) is 78.5 cm³/mol. The zero-order valence-corrected chi connectivity index (χ0v) is 12.9. The maximum atomic E-state index is 12.1. The highest BCUT2D eigenvalue weighted by Crippen LogP contribution is 2.40. The van der Waals surface area contributed by atoms with E-state index in [0.717, 1.165) is 24.3 Å². The Labute approximate surface area is 123 Å². The topological polar surface area (TPSA) is 64.1 Å². The quantitative estimate of drug-likeness (QED) is 0.662. The molecule has 5 nitrogen and oxygen atoms in total. The first-order chi connectivity index (χ1) is 9.55. The second-order valence-electron chi connectivity index (χ2n) is 5.40. The summed E-state index contributed by atoms with van der Waals surface area (Å²) >= 11 is 1.71. The van der Waals surface area contributed by atoms with E-state index in [2.05, 4.69) is 29.1 Å². The van der Waals surface area contributed by atoms with E-state index < -0.39 is 5.54 Å². The largest absolute Gasteiger partial charge is 0.468 e. The van der Waals surface area contributed by atoms with Gasteiger partial charge in [-0.2, -0.15) is 0 Å². The fraction of sp³-hybridized carbons (Fsp3) is 0.643. The first-order valence-corrected chi connectivity index (χ1v) is 7.72. The van der Waals surface area contributed by atoms with Crippen LogP contribution >= 0.6 is 11.8 Å². The van der Waals surface area contributed by atoms with Crippen LogP contribution in [0.5, 0.6) is 0 Å². The first-order valence-electron chi connectivity index (χ1n) is 6.84. The third kappa shape index (κ3) is 3.49. The number of hydrogen-bond acceptors (Lipinski definition) is 6. The van der Waals surface area contributed by atoms with E-state index in [1.165, 1.54) is 7.11 Å². The Balaban J connectivity index is 2.05. The number of carbonyl (C=O) groups is 1. The lowest BCUT2D eigenvalue weighted by molar-refractivity contribution is -0.148. The summed E-state index contributed by atoms with van der Waals surface area (Å²) in [6.07, 6.45) is 5.85. The lowest BCUT2D eigenvalue weighted by Gasteiger charge is -2.30. The summed E-state index contributed by atoms with van der Waals surface area (Å²) in [5.74, 6) is -0.156. The van der Waals surface area contributed by atoms with Crippen molar-refractivity contribution >= 4 is 17.7 Å². The molecule has 1 aromatic rings. The Kier molecular flexibility index (Phi) is 4.99. The summed E-state index contributed by atoms with van der Waals surface area (Å²) in [6, 6.07) is 2.15. The molecule has 1 saturated carbocycles. The normalized spacial score (nSPS) is 25.9. The van der Waals surface area contributed by atoms with Crippen molar-refractivity contribution in [3.63, 3.8) is 0 Å². The highest BCUT2D eigenvalue weighted by atomic mass is 32.2. The van der Waals surface area contributed by atoms with Crippen molar-refractivity contribution in [3.05, 3.63) is 18.6 Å². The van der Waals surface area contributed by atoms with Crippen LogP contribution < -0.4 is 5.32 Å². The van der Waals surface area contributed by atoms with Gasteiger partial charge in [0.1, 0.15) is 11.9 Å². The molecule has 0 saturated heterocycles. The molecule has 1 aromatic heterocycles. The number of nitrogens with one attached hydrogen (secondary N) is 1. The molecule has 2 atom stereocenters. The van der Waals surface area contributed by atoms with Crippen LogP contribution in [0.25, 0.3) is 0 Å². The van der Waals surface area contributed by atoms with Crippen molar-refractivity contribution in [2.45, 2.75) is 55.0 Å². The van der Waals surface area contributed by atoms with E-state index >= 15 is 0 Å². The van der Waals surface area contributed by atoms with E-state index in [-0.39, 0.29) is 12.0 Å². The zero-order chi connectivity index (χ0) is 14.6. The summed E-state index contributed by atoms with van der Waals surface area (Å²) in [7, 11) is 1.46. The van der Waals surface area contributed by atoms with E-state index in [9.17, 15) is 4.79 Å². The Hall–Kier alpha value is -1.14. The van der Waals surface area contributed by atoms with E-state index in [1.54, 1.807) is 24.3 Å². The van der Waals surface area contributed by atoms with Crippen molar-refractivity contribution in [1.82, 2.24) is 15.3 Å². The summed E-state index contributed by atoms with van der Waals surface area (Å²) in [5.41, 5.74) is -0.548. The highest BCUT2D eigenvalue weighted by molar-refractivity contribution is 7.99. The molecular formula is C14H21N3O2S. The third-order valence-electron chi connectivity index (χ3n) is 3.45. The Morgan fingerprint density at radius 1 is 1.60 bits per heavy atom. The van der Waals surface area contributed by atoms with E-state index in [4.69, 9.17) is 4.74 Å². The maximum Gasteiger partial charge on any atom is 0.326 e. The van der Waals surface area contributed by atoms with Gasteiger partial charge in [-0.05, 0) is 39.2 Å². The lowest BCUT2D eigenvalue weighted by Crippen LogP contribution is -2.53. The summed E-state index contributed by atoms with van der Waals surface area (Å²) in [5, 5.41) is 4.73. The maximum absolute atomic E-state index is 12.1. The molecule has 0 spiro atoms. The number of rotatable bonds is 5. The van der Waals surface area contributed by atoms with Crippen LogP contribution in [0.15, 0.2) is 23.6 Å². The minimum absolute atomic E-state index is 0.156. The molecule has 2 rings (SSSR count). The van der Waals surface area contributed by atoms with E-state index in [1.807, 2.05) is 6.07 Å². The minimum Gasteiger partial charge on any atom is -0.468 e. The van der Waals surface area contributed by atoms with Crippen molar-refractivity contribution < 1.29 is 9.53 Å². The number of hydrogen-bond donors (Lipinski definition) is 1. The number of esters is 1. The van der Waals surface area contributed by atoms with Crippen LogP contribution in [0.1, 0.15) is 33.1 Å². The second kappa shape index (κ2) is 6.54.